The molecule has 0 spiro atoms. The molecule has 0 aliphatic rings. The minimum Gasteiger partial charge on any atom is -0.398 e. The third kappa shape index (κ3) is 3.01. The molecule has 1 aromatic heterocycles. The molecule has 1 heterocycles. The molecule has 5 nitrogen and oxygen atoms in total. The van der Waals surface area contributed by atoms with Crippen LogP contribution in [0.25, 0.3) is 0 Å². The highest BCUT2D eigenvalue weighted by molar-refractivity contribution is 7.84. The number of hydrogen-bond donors (Lipinski definition) is 1. The fourth-order valence-corrected chi connectivity index (χ4v) is 3.09. The molecule has 0 fully saturated rings. The Morgan fingerprint density at radius 1 is 1.42 bits per heavy atom. The van der Waals surface area contributed by atoms with Crippen molar-refractivity contribution in [1.29, 1.82) is 0 Å². The van der Waals surface area contributed by atoms with Gasteiger partial charge in [0.05, 0.1) is 21.4 Å². The summed E-state index contributed by atoms with van der Waals surface area (Å²) in [4.78, 5) is 4.84. The second kappa shape index (κ2) is 5.52. The molecule has 1 aromatic carbocycles. The number of anilines is 1. The van der Waals surface area contributed by atoms with Gasteiger partial charge in [0, 0.05) is 11.7 Å². The van der Waals surface area contributed by atoms with Gasteiger partial charge in [0.15, 0.2) is 0 Å². The van der Waals surface area contributed by atoms with Crippen molar-refractivity contribution in [2.75, 3.05) is 5.73 Å². The van der Waals surface area contributed by atoms with Gasteiger partial charge in [-0.15, -0.1) is 0 Å². The van der Waals surface area contributed by atoms with Crippen LogP contribution in [0.2, 0.25) is 0 Å². The van der Waals surface area contributed by atoms with Gasteiger partial charge in [-0.3, -0.25) is 4.21 Å². The molecule has 0 aliphatic carbocycles. The van der Waals surface area contributed by atoms with Gasteiger partial charge >= 0.3 is 0 Å². The number of aryl methyl sites for hydroxylation is 1. The molecule has 6 heteroatoms. The normalized spacial score (nSPS) is 12.8. The maximum absolute atomic E-state index is 12.4. The quantitative estimate of drug-likeness (QED) is 0.869. The second-order valence-electron chi connectivity index (χ2n) is 4.75. The van der Waals surface area contributed by atoms with Gasteiger partial charge in [0.2, 0.25) is 0 Å². The molecule has 0 radical (unpaired) electrons. The number of nitrogens with zero attached hydrogens (tertiary/aromatic N) is 3. The number of benzene rings is 1. The highest BCUT2D eigenvalue weighted by Gasteiger charge is 2.14. The summed E-state index contributed by atoms with van der Waals surface area (Å²) >= 11 is 0. The van der Waals surface area contributed by atoms with Crippen LogP contribution < -0.4 is 5.73 Å². The van der Waals surface area contributed by atoms with Gasteiger partial charge in [-0.05, 0) is 38.5 Å². The van der Waals surface area contributed by atoms with Gasteiger partial charge in [-0.2, -0.15) is 5.10 Å². The summed E-state index contributed by atoms with van der Waals surface area (Å²) in [6.07, 6.45) is 1.49. The zero-order valence-corrected chi connectivity index (χ0v) is 12.1. The zero-order chi connectivity index (χ0) is 14.0. The molecular weight excluding hydrogens is 260 g/mol. The largest absolute Gasteiger partial charge is 0.398 e. The van der Waals surface area contributed by atoms with Crippen molar-refractivity contribution in [2.45, 2.75) is 37.5 Å². The Bertz CT molecular complexity index is 606. The summed E-state index contributed by atoms with van der Waals surface area (Å²) < 4.78 is 14.2. The molecule has 0 saturated carbocycles. The lowest BCUT2D eigenvalue weighted by atomic mass is 10.2. The highest BCUT2D eigenvalue weighted by atomic mass is 32.2. The van der Waals surface area contributed by atoms with Gasteiger partial charge < -0.3 is 5.73 Å². The van der Waals surface area contributed by atoms with Gasteiger partial charge in [-0.1, -0.05) is 6.07 Å². The smallest absolute Gasteiger partial charge is 0.140 e. The molecule has 2 rings (SSSR count). The van der Waals surface area contributed by atoms with Crippen molar-refractivity contribution in [1.82, 2.24) is 14.8 Å². The Kier molecular flexibility index (Phi) is 3.99. The molecule has 0 saturated heterocycles. The average molecular weight is 278 g/mol. The number of hydrogen-bond acceptors (Lipinski definition) is 4. The topological polar surface area (TPSA) is 73.8 Å². The lowest BCUT2D eigenvalue weighted by Crippen LogP contribution is -2.11. The first-order valence-corrected chi connectivity index (χ1v) is 7.44. The summed E-state index contributed by atoms with van der Waals surface area (Å²) in [7, 11) is -1.21. The van der Waals surface area contributed by atoms with Crippen molar-refractivity contribution < 1.29 is 4.21 Å². The Morgan fingerprint density at radius 2 is 2.16 bits per heavy atom. The predicted octanol–water partition coefficient (Wildman–Crippen LogP) is 2.06. The van der Waals surface area contributed by atoms with Crippen LogP contribution in [0.5, 0.6) is 0 Å². The minimum atomic E-state index is -1.21. The number of rotatable bonds is 4. The molecule has 0 bridgehead atoms. The summed E-state index contributed by atoms with van der Waals surface area (Å²) in [5, 5.41) is 4.14. The molecule has 0 amide bonds. The van der Waals surface area contributed by atoms with Crippen molar-refractivity contribution in [2.24, 2.45) is 0 Å². The van der Waals surface area contributed by atoms with E-state index in [0.717, 1.165) is 5.56 Å². The minimum absolute atomic E-state index is 0.198. The monoisotopic (exact) mass is 278 g/mol. The third-order valence-electron chi connectivity index (χ3n) is 2.81. The van der Waals surface area contributed by atoms with E-state index < -0.39 is 10.8 Å². The van der Waals surface area contributed by atoms with Crippen LogP contribution in [-0.4, -0.2) is 19.0 Å². The van der Waals surface area contributed by atoms with E-state index in [1.807, 2.05) is 32.9 Å². The summed E-state index contributed by atoms with van der Waals surface area (Å²) in [6, 6.07) is 5.76. The molecule has 102 valence electrons. The van der Waals surface area contributed by atoms with E-state index in [1.165, 1.54) is 6.33 Å². The first kappa shape index (κ1) is 13.7. The molecule has 1 atom stereocenters. The van der Waals surface area contributed by atoms with E-state index in [0.29, 0.717) is 22.2 Å². The van der Waals surface area contributed by atoms with E-state index >= 15 is 0 Å². The first-order valence-electron chi connectivity index (χ1n) is 6.12. The average Bonchev–Trinajstić information content (AvgIpc) is 2.80. The Hall–Kier alpha value is -1.69. The van der Waals surface area contributed by atoms with Crippen LogP contribution in [0.1, 0.15) is 31.3 Å². The molecule has 19 heavy (non-hydrogen) atoms. The van der Waals surface area contributed by atoms with E-state index in [-0.39, 0.29) is 6.04 Å². The SMILES string of the molecule is Cc1ccc(N)c(S(=O)Cc2ncnn2C(C)C)c1. The maximum Gasteiger partial charge on any atom is 0.140 e. The fraction of sp³-hybridized carbons (Fsp3) is 0.385. The maximum atomic E-state index is 12.4. The van der Waals surface area contributed by atoms with Crippen molar-refractivity contribution in [3.05, 3.63) is 35.9 Å². The number of nitrogen functional groups attached to an aromatic ring is 1. The van der Waals surface area contributed by atoms with Crippen molar-refractivity contribution >= 4 is 16.5 Å². The molecular formula is C13H18N4OS. The van der Waals surface area contributed by atoms with Crippen molar-refractivity contribution in [3.8, 4) is 0 Å². The van der Waals surface area contributed by atoms with Gasteiger partial charge in [-0.25, -0.2) is 9.67 Å². The number of aromatic nitrogens is 3. The molecule has 0 aliphatic heterocycles. The summed E-state index contributed by atoms with van der Waals surface area (Å²) in [5.41, 5.74) is 7.48. The molecule has 2 aromatic rings. The van der Waals surface area contributed by atoms with Crippen LogP contribution in [0.15, 0.2) is 29.4 Å². The summed E-state index contributed by atoms with van der Waals surface area (Å²) in [5.74, 6) is 1.04. The van der Waals surface area contributed by atoms with Gasteiger partial charge in [0.1, 0.15) is 12.2 Å². The molecule has 1 unspecified atom stereocenters. The summed E-state index contributed by atoms with van der Waals surface area (Å²) in [6.45, 7) is 5.99. The van der Waals surface area contributed by atoms with E-state index in [1.54, 1.807) is 10.7 Å². The third-order valence-corrected chi connectivity index (χ3v) is 4.18. The van der Waals surface area contributed by atoms with Crippen LogP contribution in [-0.2, 0) is 16.6 Å². The fourth-order valence-electron chi connectivity index (χ4n) is 1.84. The van der Waals surface area contributed by atoms with Crippen LogP contribution in [0, 0.1) is 6.92 Å². The highest BCUT2D eigenvalue weighted by Crippen LogP contribution is 2.20. The van der Waals surface area contributed by atoms with E-state index in [9.17, 15) is 4.21 Å². The number of nitrogens with two attached hydrogens (primary N) is 1. The van der Waals surface area contributed by atoms with Crippen molar-refractivity contribution in [3.63, 3.8) is 0 Å². The lowest BCUT2D eigenvalue weighted by Gasteiger charge is -2.10. The predicted molar refractivity (Wildman–Crippen MR) is 76.1 cm³/mol. The van der Waals surface area contributed by atoms with Gasteiger partial charge in [0.25, 0.3) is 0 Å². The van der Waals surface area contributed by atoms with Crippen LogP contribution in [0.3, 0.4) is 0 Å². The zero-order valence-electron chi connectivity index (χ0n) is 11.3. The lowest BCUT2D eigenvalue weighted by molar-refractivity contribution is 0.513. The van der Waals surface area contributed by atoms with E-state index in [2.05, 4.69) is 10.1 Å². The first-order chi connectivity index (χ1) is 8.99. The Balaban J connectivity index is 2.26. The standard InChI is InChI=1S/C13H18N4OS/c1-9(2)17-13(15-8-16-17)7-19(18)12-6-10(3)4-5-11(12)14/h4-6,8-9H,7,14H2,1-3H3. The Morgan fingerprint density at radius 3 is 2.84 bits per heavy atom. The second-order valence-corrected chi connectivity index (χ2v) is 6.17. The molecule has 2 N–H and O–H groups in total. The van der Waals surface area contributed by atoms with Crippen LogP contribution >= 0.6 is 0 Å². The van der Waals surface area contributed by atoms with E-state index in [4.69, 9.17) is 5.73 Å². The Labute approximate surface area is 115 Å². The van der Waals surface area contributed by atoms with Crippen LogP contribution in [0.4, 0.5) is 5.69 Å².